The second-order valence-electron chi connectivity index (χ2n) is 7.51. The molecule has 3 aromatic rings. The van der Waals surface area contributed by atoms with Gasteiger partial charge in [-0.3, -0.25) is 4.98 Å². The highest BCUT2D eigenvalue weighted by atomic mass is 16.5. The minimum absolute atomic E-state index is 0.306. The zero-order chi connectivity index (χ0) is 19.8. The lowest BCUT2D eigenvalue weighted by atomic mass is 9.79. The smallest absolute Gasteiger partial charge is 0.151 e. The lowest BCUT2D eigenvalue weighted by Crippen LogP contribution is -2.28. The van der Waals surface area contributed by atoms with Gasteiger partial charge in [0.05, 0.1) is 28.7 Å². The van der Waals surface area contributed by atoms with Crippen molar-refractivity contribution in [2.45, 2.75) is 18.8 Å². The van der Waals surface area contributed by atoms with Gasteiger partial charge in [-0.2, -0.15) is 5.26 Å². The molecule has 4 heteroatoms. The molecule has 0 saturated carbocycles. The van der Waals surface area contributed by atoms with E-state index in [2.05, 4.69) is 53.2 Å². The van der Waals surface area contributed by atoms with Crippen LogP contribution in [0.15, 0.2) is 90.8 Å². The Labute approximate surface area is 170 Å². The van der Waals surface area contributed by atoms with Crippen molar-refractivity contribution in [3.05, 3.63) is 102 Å². The first-order valence-electron chi connectivity index (χ1n) is 9.60. The van der Waals surface area contributed by atoms with Crippen molar-refractivity contribution < 1.29 is 4.74 Å². The van der Waals surface area contributed by atoms with E-state index in [4.69, 9.17) is 4.74 Å². The number of benzene rings is 2. The van der Waals surface area contributed by atoms with Gasteiger partial charge in [-0.1, -0.05) is 37.3 Å². The molecule has 29 heavy (non-hydrogen) atoms. The normalized spacial score (nSPS) is 19.4. The van der Waals surface area contributed by atoms with Crippen LogP contribution in [0.25, 0.3) is 0 Å². The number of hydrogen-bond acceptors (Lipinski definition) is 4. The number of fused-ring (bicyclic) bond motifs is 2. The van der Waals surface area contributed by atoms with Crippen molar-refractivity contribution in [2.24, 2.45) is 0 Å². The summed E-state index contributed by atoms with van der Waals surface area (Å²) >= 11 is 0. The summed E-state index contributed by atoms with van der Waals surface area (Å²) in [5.41, 5.74) is 4.29. The maximum atomic E-state index is 9.29. The Morgan fingerprint density at radius 1 is 1.03 bits per heavy atom. The fourth-order valence-corrected chi connectivity index (χ4v) is 3.97. The fourth-order valence-electron chi connectivity index (χ4n) is 3.97. The largest absolute Gasteiger partial charge is 0.453 e. The Morgan fingerprint density at radius 2 is 1.72 bits per heavy atom. The molecule has 0 spiro atoms. The fraction of sp³-hybridized carbons (Fsp3) is 0.120. The highest BCUT2D eigenvalue weighted by Crippen LogP contribution is 2.49. The van der Waals surface area contributed by atoms with Gasteiger partial charge in [0, 0.05) is 17.3 Å². The maximum Gasteiger partial charge on any atom is 0.151 e. The number of para-hydroxylation sites is 4. The number of nitrogens with zero attached hydrogens (tertiary/aromatic N) is 3. The van der Waals surface area contributed by atoms with E-state index >= 15 is 0 Å². The molecule has 4 nitrogen and oxygen atoms in total. The highest BCUT2D eigenvalue weighted by Gasteiger charge is 2.32. The van der Waals surface area contributed by atoms with Crippen molar-refractivity contribution in [1.82, 2.24) is 4.98 Å². The molecule has 2 aromatic carbocycles. The molecule has 2 aliphatic rings. The van der Waals surface area contributed by atoms with Crippen molar-refractivity contribution in [2.75, 3.05) is 4.90 Å². The summed E-state index contributed by atoms with van der Waals surface area (Å²) in [7, 11) is 0. The van der Waals surface area contributed by atoms with Gasteiger partial charge in [0.2, 0.25) is 0 Å². The quantitative estimate of drug-likeness (QED) is 0.550. The molecule has 0 fully saturated rings. The summed E-state index contributed by atoms with van der Waals surface area (Å²) in [4.78, 5) is 6.81. The highest BCUT2D eigenvalue weighted by molar-refractivity contribution is 5.82. The van der Waals surface area contributed by atoms with E-state index < -0.39 is 0 Å². The van der Waals surface area contributed by atoms with Gasteiger partial charge in [-0.05, 0) is 55.0 Å². The summed E-state index contributed by atoms with van der Waals surface area (Å²) < 4.78 is 6.12. The summed E-state index contributed by atoms with van der Waals surface area (Å²) in [5, 5.41) is 9.29. The van der Waals surface area contributed by atoms with Gasteiger partial charge in [0.1, 0.15) is 0 Å². The lowest BCUT2D eigenvalue weighted by Gasteiger charge is -2.37. The third-order valence-corrected chi connectivity index (χ3v) is 5.46. The van der Waals surface area contributed by atoms with Gasteiger partial charge < -0.3 is 9.64 Å². The van der Waals surface area contributed by atoms with Crippen molar-refractivity contribution in [1.29, 1.82) is 5.26 Å². The average molecular weight is 377 g/mol. The van der Waals surface area contributed by atoms with Crippen LogP contribution in [0, 0.1) is 11.3 Å². The molecule has 0 bridgehead atoms. The molecule has 0 radical (unpaired) electrons. The zero-order valence-electron chi connectivity index (χ0n) is 16.0. The minimum Gasteiger partial charge on any atom is -0.453 e. The second kappa shape index (κ2) is 6.65. The molecular formula is C25H19N3O. The first-order valence-corrected chi connectivity index (χ1v) is 9.60. The Kier molecular flexibility index (Phi) is 3.96. The van der Waals surface area contributed by atoms with Crippen LogP contribution in [-0.4, -0.2) is 4.98 Å². The predicted octanol–water partition coefficient (Wildman–Crippen LogP) is 6.00. The minimum atomic E-state index is -0.306. The molecule has 0 N–H and O–H groups in total. The molecular weight excluding hydrogens is 358 g/mol. The molecule has 0 amide bonds. The number of aromatic nitrogens is 1. The van der Waals surface area contributed by atoms with Crippen LogP contribution in [0.2, 0.25) is 0 Å². The number of pyridine rings is 1. The molecule has 1 aliphatic carbocycles. The molecule has 1 atom stereocenters. The lowest BCUT2D eigenvalue weighted by molar-refractivity contribution is 0.475. The first kappa shape index (κ1) is 17.3. The van der Waals surface area contributed by atoms with Crippen LogP contribution >= 0.6 is 0 Å². The van der Waals surface area contributed by atoms with Gasteiger partial charge in [-0.15, -0.1) is 0 Å². The Bertz CT molecular complexity index is 1160. The van der Waals surface area contributed by atoms with Crippen LogP contribution in [0.3, 0.4) is 0 Å². The standard InChI is InChI=1S/C25H19N3O/c1-25(24-15-18(17-26)12-14-27-24)13-6-7-19(16-25)28-20-8-2-4-10-22(20)29-23-11-5-3-9-21(23)28/h2-12,14-16H,13H2,1H3. The molecule has 1 unspecified atom stereocenters. The molecule has 0 saturated heterocycles. The molecule has 1 aromatic heterocycles. The van der Waals surface area contributed by atoms with Crippen LogP contribution in [0.1, 0.15) is 24.6 Å². The van der Waals surface area contributed by atoms with Crippen molar-refractivity contribution in [3.8, 4) is 17.6 Å². The van der Waals surface area contributed by atoms with E-state index in [1.807, 2.05) is 42.5 Å². The van der Waals surface area contributed by atoms with Gasteiger partial charge in [-0.25, -0.2) is 0 Å². The SMILES string of the molecule is CC1(c2cc(C#N)ccn2)C=C(N2c3ccccc3Oc3ccccc32)C=CC1. The molecule has 1 aliphatic heterocycles. The van der Waals surface area contributed by atoms with Crippen molar-refractivity contribution >= 4 is 11.4 Å². The predicted molar refractivity (Wildman–Crippen MR) is 113 cm³/mol. The summed E-state index contributed by atoms with van der Waals surface area (Å²) in [6.45, 7) is 2.16. The molecule has 140 valence electrons. The van der Waals surface area contributed by atoms with E-state index in [1.54, 1.807) is 12.3 Å². The first-order chi connectivity index (χ1) is 14.2. The van der Waals surface area contributed by atoms with E-state index in [1.165, 1.54) is 0 Å². The van der Waals surface area contributed by atoms with Gasteiger partial charge in [0.25, 0.3) is 0 Å². The zero-order valence-corrected chi connectivity index (χ0v) is 16.0. The van der Waals surface area contributed by atoms with Crippen LogP contribution in [-0.2, 0) is 5.41 Å². The monoisotopic (exact) mass is 377 g/mol. The second-order valence-corrected chi connectivity index (χ2v) is 7.51. The van der Waals surface area contributed by atoms with E-state index in [0.717, 1.165) is 40.7 Å². The summed E-state index contributed by atoms with van der Waals surface area (Å²) in [6.07, 6.45) is 9.11. The van der Waals surface area contributed by atoms with E-state index in [9.17, 15) is 5.26 Å². The average Bonchev–Trinajstić information content (AvgIpc) is 2.77. The number of anilines is 2. The van der Waals surface area contributed by atoms with E-state index in [0.29, 0.717) is 5.56 Å². The molecule has 2 heterocycles. The van der Waals surface area contributed by atoms with Crippen molar-refractivity contribution in [3.63, 3.8) is 0 Å². The Hall–Kier alpha value is -3.84. The number of nitriles is 1. The van der Waals surface area contributed by atoms with Gasteiger partial charge in [0.15, 0.2) is 11.5 Å². The molecule has 5 rings (SSSR count). The van der Waals surface area contributed by atoms with Crippen LogP contribution in [0.5, 0.6) is 11.5 Å². The van der Waals surface area contributed by atoms with Crippen LogP contribution < -0.4 is 9.64 Å². The number of allylic oxidation sites excluding steroid dienone is 3. The number of rotatable bonds is 2. The number of ether oxygens (including phenoxy) is 1. The van der Waals surface area contributed by atoms with E-state index in [-0.39, 0.29) is 5.41 Å². The van der Waals surface area contributed by atoms with Crippen LogP contribution in [0.4, 0.5) is 11.4 Å². The summed E-state index contributed by atoms with van der Waals surface area (Å²) in [6, 6.07) is 22.0. The Morgan fingerprint density at radius 3 is 2.41 bits per heavy atom. The summed E-state index contributed by atoms with van der Waals surface area (Å²) in [5.74, 6) is 1.66. The maximum absolute atomic E-state index is 9.29. The third kappa shape index (κ3) is 2.88. The Balaban J connectivity index is 1.66. The topological polar surface area (TPSA) is 49.2 Å². The third-order valence-electron chi connectivity index (χ3n) is 5.46. The number of hydrogen-bond donors (Lipinski definition) is 0. The van der Waals surface area contributed by atoms with Gasteiger partial charge >= 0.3 is 0 Å².